The predicted molar refractivity (Wildman–Crippen MR) is 92.9 cm³/mol. The lowest BCUT2D eigenvalue weighted by Gasteiger charge is -2.37. The van der Waals surface area contributed by atoms with Gasteiger partial charge in [-0.1, -0.05) is 13.3 Å². The summed E-state index contributed by atoms with van der Waals surface area (Å²) in [5.41, 5.74) is -0.405. The molecule has 0 aliphatic carbocycles. The number of carbonyl (C=O) groups excluding carboxylic acids is 2. The van der Waals surface area contributed by atoms with Crippen LogP contribution >= 0.6 is 0 Å². The number of aryl methyl sites for hydroxylation is 1. The lowest BCUT2D eigenvalue weighted by atomic mass is 9.90. The smallest absolute Gasteiger partial charge is 0.410 e. The van der Waals surface area contributed by atoms with Crippen molar-refractivity contribution in [2.75, 3.05) is 19.6 Å². The van der Waals surface area contributed by atoms with Gasteiger partial charge in [0.2, 0.25) is 5.91 Å². The first-order valence-corrected chi connectivity index (χ1v) is 9.28. The first kappa shape index (κ1) is 17.8. The van der Waals surface area contributed by atoms with Gasteiger partial charge in [0.15, 0.2) is 0 Å². The van der Waals surface area contributed by atoms with Crippen LogP contribution in [0.15, 0.2) is 18.5 Å². The van der Waals surface area contributed by atoms with Gasteiger partial charge >= 0.3 is 6.09 Å². The zero-order valence-electron chi connectivity index (χ0n) is 15.2. The summed E-state index contributed by atoms with van der Waals surface area (Å²) >= 11 is 0. The fourth-order valence-corrected chi connectivity index (χ4v) is 3.79. The SMILES string of the molecule is CCC[C@H](C)N1CC2(CCN(C(=O)CCn3cccn3)CC2)OC1=O. The van der Waals surface area contributed by atoms with Crippen molar-refractivity contribution in [2.45, 2.75) is 64.1 Å². The van der Waals surface area contributed by atoms with Crippen molar-refractivity contribution in [3.05, 3.63) is 18.5 Å². The van der Waals surface area contributed by atoms with Crippen LogP contribution in [-0.4, -0.2) is 62.9 Å². The van der Waals surface area contributed by atoms with Crippen molar-refractivity contribution < 1.29 is 14.3 Å². The van der Waals surface area contributed by atoms with Gasteiger partial charge in [-0.2, -0.15) is 5.10 Å². The second-order valence-electron chi connectivity index (χ2n) is 7.22. The molecule has 2 aliphatic rings. The molecule has 0 saturated carbocycles. The average Bonchev–Trinajstić information content (AvgIpc) is 3.22. The van der Waals surface area contributed by atoms with E-state index in [1.165, 1.54) is 0 Å². The number of aromatic nitrogens is 2. The van der Waals surface area contributed by atoms with E-state index in [0.717, 1.165) is 25.7 Å². The first-order chi connectivity index (χ1) is 12.0. The number of carbonyl (C=O) groups is 2. The van der Waals surface area contributed by atoms with Crippen LogP contribution in [0.5, 0.6) is 0 Å². The molecular formula is C18H28N4O3. The molecule has 2 amide bonds. The molecule has 0 bridgehead atoms. The number of ether oxygens (including phenoxy) is 1. The fourth-order valence-electron chi connectivity index (χ4n) is 3.79. The molecule has 25 heavy (non-hydrogen) atoms. The Morgan fingerprint density at radius 3 is 2.80 bits per heavy atom. The standard InChI is InChI=1S/C18H28N4O3/c1-3-5-15(2)22-14-18(25-17(22)24)7-12-20(13-8-18)16(23)6-11-21-10-4-9-19-21/h4,9-10,15H,3,5-8,11-14H2,1-2H3/t15-/m0/s1. The molecule has 3 heterocycles. The first-order valence-electron chi connectivity index (χ1n) is 9.28. The van der Waals surface area contributed by atoms with Gasteiger partial charge in [-0.25, -0.2) is 4.79 Å². The third kappa shape index (κ3) is 3.96. The number of rotatable bonds is 6. The Morgan fingerprint density at radius 2 is 2.16 bits per heavy atom. The molecule has 1 spiro atoms. The molecule has 1 atom stereocenters. The van der Waals surface area contributed by atoms with Crippen LogP contribution in [0.2, 0.25) is 0 Å². The monoisotopic (exact) mass is 348 g/mol. The molecule has 0 unspecified atom stereocenters. The normalized spacial score (nSPS) is 20.8. The average molecular weight is 348 g/mol. The zero-order valence-corrected chi connectivity index (χ0v) is 15.2. The highest BCUT2D eigenvalue weighted by atomic mass is 16.6. The maximum atomic E-state index is 12.4. The van der Waals surface area contributed by atoms with Gasteiger partial charge in [0.1, 0.15) is 5.60 Å². The van der Waals surface area contributed by atoms with Crippen LogP contribution < -0.4 is 0 Å². The summed E-state index contributed by atoms with van der Waals surface area (Å²) in [5, 5.41) is 4.12. The highest BCUT2D eigenvalue weighted by molar-refractivity contribution is 5.76. The van der Waals surface area contributed by atoms with Crippen molar-refractivity contribution in [2.24, 2.45) is 0 Å². The Kier molecular flexibility index (Phi) is 5.30. The van der Waals surface area contributed by atoms with E-state index < -0.39 is 5.60 Å². The van der Waals surface area contributed by atoms with E-state index in [0.29, 0.717) is 32.6 Å². The molecule has 3 rings (SSSR count). The highest BCUT2D eigenvalue weighted by Gasteiger charge is 2.48. The van der Waals surface area contributed by atoms with Crippen molar-refractivity contribution in [1.29, 1.82) is 0 Å². The molecule has 138 valence electrons. The van der Waals surface area contributed by atoms with Gasteiger partial charge in [0.25, 0.3) is 0 Å². The minimum Gasteiger partial charge on any atom is -0.441 e. The quantitative estimate of drug-likeness (QED) is 0.791. The van der Waals surface area contributed by atoms with Gasteiger partial charge in [-0.15, -0.1) is 0 Å². The van der Waals surface area contributed by atoms with Crippen molar-refractivity contribution >= 4 is 12.0 Å². The maximum absolute atomic E-state index is 12.4. The third-order valence-electron chi connectivity index (χ3n) is 5.38. The molecule has 0 aromatic carbocycles. The Morgan fingerprint density at radius 1 is 1.40 bits per heavy atom. The summed E-state index contributed by atoms with van der Waals surface area (Å²) in [6, 6.07) is 2.07. The molecule has 7 heteroatoms. The van der Waals surface area contributed by atoms with E-state index in [2.05, 4.69) is 18.9 Å². The van der Waals surface area contributed by atoms with Crippen molar-refractivity contribution in [1.82, 2.24) is 19.6 Å². The number of piperidine rings is 1. The largest absolute Gasteiger partial charge is 0.441 e. The van der Waals surface area contributed by atoms with Gasteiger partial charge < -0.3 is 14.5 Å². The Balaban J connectivity index is 1.49. The molecule has 0 N–H and O–H groups in total. The van der Waals surface area contributed by atoms with E-state index in [1.54, 1.807) is 10.9 Å². The Bertz CT molecular complexity index is 593. The second-order valence-corrected chi connectivity index (χ2v) is 7.22. The van der Waals surface area contributed by atoms with Crippen LogP contribution in [0, 0.1) is 0 Å². The van der Waals surface area contributed by atoms with E-state index in [1.807, 2.05) is 22.1 Å². The van der Waals surface area contributed by atoms with Crippen molar-refractivity contribution in [3.8, 4) is 0 Å². The summed E-state index contributed by atoms with van der Waals surface area (Å²) in [4.78, 5) is 28.4. The minimum atomic E-state index is -0.405. The number of amides is 2. The molecule has 2 saturated heterocycles. The number of hydrogen-bond acceptors (Lipinski definition) is 4. The Hall–Kier alpha value is -2.05. The summed E-state index contributed by atoms with van der Waals surface area (Å²) in [6.45, 7) is 6.77. The van der Waals surface area contributed by atoms with Gasteiger partial charge in [-0.3, -0.25) is 9.48 Å². The lowest BCUT2D eigenvalue weighted by molar-refractivity contribution is -0.134. The second kappa shape index (κ2) is 7.45. The molecule has 1 aromatic heterocycles. The van der Waals surface area contributed by atoms with Crippen LogP contribution in [0.3, 0.4) is 0 Å². The molecule has 7 nitrogen and oxygen atoms in total. The van der Waals surface area contributed by atoms with Gasteiger partial charge in [-0.05, 0) is 19.4 Å². The summed E-state index contributed by atoms with van der Waals surface area (Å²) in [6.07, 6.45) is 7.33. The molecule has 1 aromatic rings. The molecular weight excluding hydrogens is 320 g/mol. The van der Waals surface area contributed by atoms with Gasteiger partial charge in [0.05, 0.1) is 6.54 Å². The Labute approximate surface area is 148 Å². The van der Waals surface area contributed by atoms with Crippen LogP contribution in [-0.2, 0) is 16.1 Å². The molecule has 2 fully saturated rings. The topological polar surface area (TPSA) is 67.7 Å². The van der Waals surface area contributed by atoms with E-state index in [9.17, 15) is 9.59 Å². The van der Waals surface area contributed by atoms with E-state index in [4.69, 9.17) is 4.74 Å². The van der Waals surface area contributed by atoms with Crippen molar-refractivity contribution in [3.63, 3.8) is 0 Å². The van der Waals surface area contributed by atoms with E-state index in [-0.39, 0.29) is 18.0 Å². The number of likely N-dealkylation sites (tertiary alicyclic amines) is 1. The summed E-state index contributed by atoms with van der Waals surface area (Å²) in [7, 11) is 0. The minimum absolute atomic E-state index is 0.144. The van der Waals surface area contributed by atoms with Crippen LogP contribution in [0.25, 0.3) is 0 Å². The number of nitrogens with zero attached hydrogens (tertiary/aromatic N) is 4. The van der Waals surface area contributed by atoms with Gasteiger partial charge in [0, 0.05) is 57.3 Å². The summed E-state index contributed by atoms with van der Waals surface area (Å²) < 4.78 is 7.52. The van der Waals surface area contributed by atoms with E-state index >= 15 is 0 Å². The number of hydrogen-bond donors (Lipinski definition) is 0. The predicted octanol–water partition coefficient (Wildman–Crippen LogP) is 2.28. The molecule has 2 aliphatic heterocycles. The fraction of sp³-hybridized carbons (Fsp3) is 0.722. The molecule has 0 radical (unpaired) electrons. The summed E-state index contributed by atoms with van der Waals surface area (Å²) in [5.74, 6) is 0.144. The zero-order chi connectivity index (χ0) is 17.9. The van der Waals surface area contributed by atoms with Crippen LogP contribution in [0.1, 0.15) is 46.0 Å². The maximum Gasteiger partial charge on any atom is 0.410 e. The highest BCUT2D eigenvalue weighted by Crippen LogP contribution is 2.34. The van der Waals surface area contributed by atoms with Crippen LogP contribution in [0.4, 0.5) is 4.79 Å². The third-order valence-corrected chi connectivity index (χ3v) is 5.38. The lowest BCUT2D eigenvalue weighted by Crippen LogP contribution is -2.49.